The predicted octanol–water partition coefficient (Wildman–Crippen LogP) is 14.2. The van der Waals surface area contributed by atoms with Crippen LogP contribution in [0.5, 0.6) is 0 Å². The van der Waals surface area contributed by atoms with Crippen molar-refractivity contribution in [3.8, 4) is 0 Å². The van der Waals surface area contributed by atoms with Crippen LogP contribution >= 0.6 is 0 Å². The molecule has 1 saturated heterocycles. The average molecular weight is 1000 g/mol. The number of carbonyl (C=O) groups is 4. The SMILES string of the molecule is CC/C=C\C/C=C\C/C=C\C/C=C\CCCCCCC(=O)OCC(COC1OC(C(=O)O)C(O)C(O)C1OC(=O)CCCCCCCCCCCCCCC)OC(=O)CCCCCCCCCCCCC. The van der Waals surface area contributed by atoms with E-state index in [0.29, 0.717) is 19.3 Å². The maximum absolute atomic E-state index is 13.1. The highest BCUT2D eigenvalue weighted by Gasteiger charge is 2.50. The second-order valence-corrected chi connectivity index (χ2v) is 19.6. The molecule has 12 nitrogen and oxygen atoms in total. The molecule has 0 amide bonds. The number of unbranched alkanes of at least 4 members (excludes halogenated alkanes) is 26. The molecule has 0 aromatic carbocycles. The van der Waals surface area contributed by atoms with Gasteiger partial charge in [0, 0.05) is 19.3 Å². The van der Waals surface area contributed by atoms with Gasteiger partial charge in [0.2, 0.25) is 0 Å². The zero-order chi connectivity index (χ0) is 51.8. The topological polar surface area (TPSA) is 175 Å². The Balaban J connectivity index is 2.70. The van der Waals surface area contributed by atoms with E-state index in [-0.39, 0.29) is 25.9 Å². The summed E-state index contributed by atoms with van der Waals surface area (Å²) in [4.78, 5) is 51.0. The van der Waals surface area contributed by atoms with Crippen molar-refractivity contribution in [3.63, 3.8) is 0 Å². The van der Waals surface area contributed by atoms with Gasteiger partial charge in [-0.05, 0) is 57.8 Å². The molecule has 0 spiro atoms. The fourth-order valence-corrected chi connectivity index (χ4v) is 8.54. The number of hydrogen-bond acceptors (Lipinski definition) is 11. The van der Waals surface area contributed by atoms with Crippen LogP contribution in [0.3, 0.4) is 0 Å². The van der Waals surface area contributed by atoms with Crippen molar-refractivity contribution in [2.45, 2.75) is 289 Å². The van der Waals surface area contributed by atoms with Gasteiger partial charge >= 0.3 is 23.9 Å². The number of allylic oxidation sites excluding steroid dienone is 8. The standard InChI is InChI=1S/C59H102O12/c1-4-7-10-13-16-19-22-24-25-26-27-29-31-33-36-39-42-45-51(60)67-48-50(69-52(61)46-43-40-37-34-30-21-18-15-12-9-6-3)49-68-59-57(55(64)54(63)56(71-59)58(65)66)70-53(62)47-44-41-38-35-32-28-23-20-17-14-11-8-5-2/h7,10,16,19,24-25,27,29,50,54-57,59,63-64H,4-6,8-9,11-15,17-18,20-23,26,28,30-49H2,1-3H3,(H,65,66)/b10-7-,19-16-,25-24-,29-27-. The van der Waals surface area contributed by atoms with E-state index in [4.69, 9.17) is 23.7 Å². The van der Waals surface area contributed by atoms with Gasteiger partial charge in [0.1, 0.15) is 18.8 Å². The molecule has 0 aromatic rings. The highest BCUT2D eigenvalue weighted by molar-refractivity contribution is 5.74. The summed E-state index contributed by atoms with van der Waals surface area (Å²) in [5.74, 6) is -3.13. The molecule has 1 rings (SSSR count). The number of aliphatic carboxylic acids is 1. The molecule has 71 heavy (non-hydrogen) atoms. The van der Waals surface area contributed by atoms with Crippen LogP contribution in [0.4, 0.5) is 0 Å². The lowest BCUT2D eigenvalue weighted by Crippen LogP contribution is -2.61. The van der Waals surface area contributed by atoms with Crippen molar-refractivity contribution in [1.82, 2.24) is 0 Å². The molecule has 410 valence electrons. The fourth-order valence-electron chi connectivity index (χ4n) is 8.54. The Morgan fingerprint density at radius 3 is 1.35 bits per heavy atom. The minimum Gasteiger partial charge on any atom is -0.479 e. The summed E-state index contributed by atoms with van der Waals surface area (Å²) in [6, 6.07) is 0. The van der Waals surface area contributed by atoms with E-state index in [0.717, 1.165) is 96.3 Å². The first-order valence-electron chi connectivity index (χ1n) is 28.6. The first kappa shape index (κ1) is 65.7. The first-order valence-corrected chi connectivity index (χ1v) is 28.6. The molecule has 1 heterocycles. The van der Waals surface area contributed by atoms with Gasteiger partial charge in [0.05, 0.1) is 6.61 Å². The third kappa shape index (κ3) is 38.0. The summed E-state index contributed by atoms with van der Waals surface area (Å²) in [5, 5.41) is 31.4. The van der Waals surface area contributed by atoms with Gasteiger partial charge < -0.3 is 39.0 Å². The Morgan fingerprint density at radius 1 is 0.479 bits per heavy atom. The Morgan fingerprint density at radius 2 is 0.887 bits per heavy atom. The van der Waals surface area contributed by atoms with E-state index in [2.05, 4.69) is 69.4 Å². The molecule has 1 aliphatic rings. The van der Waals surface area contributed by atoms with Crippen LogP contribution in [0.25, 0.3) is 0 Å². The lowest BCUT2D eigenvalue weighted by Gasteiger charge is -2.40. The van der Waals surface area contributed by atoms with E-state index in [1.807, 2.05) is 0 Å². The van der Waals surface area contributed by atoms with E-state index in [9.17, 15) is 34.5 Å². The zero-order valence-electron chi connectivity index (χ0n) is 45.0. The van der Waals surface area contributed by atoms with Gasteiger partial charge in [-0.1, -0.05) is 223 Å². The summed E-state index contributed by atoms with van der Waals surface area (Å²) in [6.45, 7) is 5.85. The number of carboxylic acid groups (broad SMARTS) is 1. The Labute approximate surface area is 431 Å². The molecule has 3 N–H and O–H groups in total. The van der Waals surface area contributed by atoms with E-state index < -0.39 is 67.3 Å². The highest BCUT2D eigenvalue weighted by atomic mass is 16.7. The summed E-state index contributed by atoms with van der Waals surface area (Å²) in [7, 11) is 0. The molecule has 1 aliphatic heterocycles. The Hall–Kier alpha value is -3.32. The van der Waals surface area contributed by atoms with Crippen molar-refractivity contribution in [1.29, 1.82) is 0 Å². The average Bonchev–Trinajstić information content (AvgIpc) is 3.35. The molecule has 12 heteroatoms. The number of carboxylic acids is 1. The summed E-state index contributed by atoms with van der Waals surface area (Å²) >= 11 is 0. The van der Waals surface area contributed by atoms with Gasteiger partial charge in [-0.25, -0.2) is 4.79 Å². The van der Waals surface area contributed by atoms with Crippen LogP contribution in [0.15, 0.2) is 48.6 Å². The summed E-state index contributed by atoms with van der Waals surface area (Å²) in [6.07, 6.45) is 43.7. The Bertz CT molecular complexity index is 1420. The quantitative estimate of drug-likeness (QED) is 0.0228. The van der Waals surface area contributed by atoms with Gasteiger partial charge in [-0.15, -0.1) is 0 Å². The van der Waals surface area contributed by atoms with Crippen LogP contribution in [-0.4, -0.2) is 89.2 Å². The third-order valence-corrected chi connectivity index (χ3v) is 12.9. The van der Waals surface area contributed by atoms with E-state index >= 15 is 0 Å². The number of hydrogen-bond donors (Lipinski definition) is 3. The lowest BCUT2D eigenvalue weighted by molar-refractivity contribution is -0.301. The van der Waals surface area contributed by atoms with Gasteiger partial charge in [0.25, 0.3) is 0 Å². The third-order valence-electron chi connectivity index (χ3n) is 12.9. The largest absolute Gasteiger partial charge is 0.479 e. The van der Waals surface area contributed by atoms with Crippen LogP contribution in [0.2, 0.25) is 0 Å². The number of aliphatic hydroxyl groups is 2. The monoisotopic (exact) mass is 1000 g/mol. The lowest BCUT2D eigenvalue weighted by atomic mass is 9.98. The molecule has 0 radical (unpaired) electrons. The predicted molar refractivity (Wildman–Crippen MR) is 285 cm³/mol. The van der Waals surface area contributed by atoms with Crippen molar-refractivity contribution < 1.29 is 58.2 Å². The number of aliphatic hydroxyl groups excluding tert-OH is 2. The van der Waals surface area contributed by atoms with Crippen molar-refractivity contribution in [3.05, 3.63) is 48.6 Å². The number of ether oxygens (including phenoxy) is 5. The highest BCUT2D eigenvalue weighted by Crippen LogP contribution is 2.26. The van der Waals surface area contributed by atoms with Gasteiger partial charge in [-0.2, -0.15) is 0 Å². The number of carbonyl (C=O) groups excluding carboxylic acids is 3. The van der Waals surface area contributed by atoms with Crippen LogP contribution in [0.1, 0.15) is 252 Å². The molecule has 1 fully saturated rings. The fraction of sp³-hybridized carbons (Fsp3) is 0.797. The molecule has 0 aliphatic carbocycles. The van der Waals surface area contributed by atoms with Crippen LogP contribution in [-0.2, 0) is 42.9 Å². The number of esters is 3. The molecular formula is C59H102O12. The molecule has 6 atom stereocenters. The second-order valence-electron chi connectivity index (χ2n) is 19.6. The molecule has 0 bridgehead atoms. The van der Waals surface area contributed by atoms with E-state index in [1.54, 1.807) is 0 Å². The van der Waals surface area contributed by atoms with Gasteiger partial charge in [-0.3, -0.25) is 14.4 Å². The molecular weight excluding hydrogens is 901 g/mol. The van der Waals surface area contributed by atoms with Crippen LogP contribution in [0, 0.1) is 0 Å². The van der Waals surface area contributed by atoms with Crippen molar-refractivity contribution >= 4 is 23.9 Å². The second kappa shape index (κ2) is 47.7. The van der Waals surface area contributed by atoms with Crippen LogP contribution < -0.4 is 0 Å². The minimum atomic E-state index is -1.90. The molecule has 0 aromatic heterocycles. The normalized spacial score (nSPS) is 18.8. The Kier molecular flexibility index (Phi) is 44.1. The molecule has 6 unspecified atom stereocenters. The maximum Gasteiger partial charge on any atom is 0.335 e. The zero-order valence-corrected chi connectivity index (χ0v) is 45.0. The van der Waals surface area contributed by atoms with Crippen molar-refractivity contribution in [2.75, 3.05) is 13.2 Å². The summed E-state index contributed by atoms with van der Waals surface area (Å²) in [5.41, 5.74) is 0. The van der Waals surface area contributed by atoms with E-state index in [1.165, 1.54) is 96.3 Å². The summed E-state index contributed by atoms with van der Waals surface area (Å²) < 4.78 is 28.4. The maximum atomic E-state index is 13.1. The van der Waals surface area contributed by atoms with Crippen molar-refractivity contribution in [2.24, 2.45) is 0 Å². The van der Waals surface area contributed by atoms with Gasteiger partial charge in [0.15, 0.2) is 24.6 Å². The first-order chi connectivity index (χ1) is 34.6. The number of rotatable bonds is 48. The smallest absolute Gasteiger partial charge is 0.335 e. The molecule has 0 saturated carbocycles. The minimum absolute atomic E-state index is 0.0622.